The van der Waals surface area contributed by atoms with E-state index in [1.54, 1.807) is 4.90 Å². The Kier molecular flexibility index (Phi) is 10.3. The van der Waals surface area contributed by atoms with E-state index < -0.39 is 11.9 Å². The Hall–Kier alpha value is -6.69. The number of imide groups is 1. The number of ether oxygens (including phenoxy) is 1. The van der Waals surface area contributed by atoms with Gasteiger partial charge in [-0.25, -0.2) is 9.78 Å². The molecule has 17 nitrogen and oxygen atoms in total. The average Bonchev–Trinajstić information content (AvgIpc) is 3.81. The second-order valence-corrected chi connectivity index (χ2v) is 17.8. The molecule has 8 heterocycles. The normalized spacial score (nSPS) is 23.7. The van der Waals surface area contributed by atoms with Gasteiger partial charge >= 0.3 is 6.03 Å². The maximum Gasteiger partial charge on any atom is 0.320 e. The number of urea groups is 1. The SMILES string of the molecule is Nc1ncnc2c1C(c1ccc(Oc3ccccc3)cc1)=N[NH+]2C=C1CCCN(C2CN(C(=O)N3CC(N4CCN(c5ccc6c(c5)CN(C5CCC(=O)NC5=O)C6=O)CC4)C3)C2)C1. The number of nitrogens with zero attached hydrogens (tertiary/aromatic N) is 9. The molecule has 0 saturated carbocycles. The Morgan fingerprint density at radius 1 is 0.812 bits per heavy atom. The standard InChI is InChI=1S/C47H50N12O5/c48-43-41-42(31-8-11-37(12-9-31)64-36-6-2-1-3-7-36)52-59(44(41)50-29-49-43)23-30-5-4-16-55(22-30)35-27-57(28-35)47(63)56-25-34(26-56)54-19-17-53(18-20-54)33-10-13-38-32(21-33)24-58(46(38)62)39-14-15-40(60)51-45(39)61/h1-3,6-13,21,23,29,34-35,39H,4-5,14-20,22,24-28H2,(H2,48,49,50)(H,51,60,61)/p+1. The van der Waals surface area contributed by atoms with Crippen LogP contribution in [0.15, 0.2) is 96.0 Å². The van der Waals surface area contributed by atoms with Crippen LogP contribution in [0.25, 0.3) is 0 Å². The number of nitrogens with one attached hydrogen (secondary N) is 2. The number of anilines is 2. The summed E-state index contributed by atoms with van der Waals surface area (Å²) in [5.74, 6) is 1.81. The number of piperidine rings is 2. The molecule has 5 amide bonds. The molecule has 7 aliphatic heterocycles. The number of hydrogen-bond acceptors (Lipinski definition) is 12. The van der Waals surface area contributed by atoms with E-state index in [1.165, 1.54) is 11.9 Å². The highest BCUT2D eigenvalue weighted by molar-refractivity contribution is 6.18. The number of aromatic nitrogens is 2. The molecule has 2 unspecified atom stereocenters. The molecular weight excluding hydrogens is 813 g/mol. The summed E-state index contributed by atoms with van der Waals surface area (Å²) in [5.41, 5.74) is 12.8. The number of benzene rings is 3. The van der Waals surface area contributed by atoms with Crippen molar-refractivity contribution < 1.29 is 28.9 Å². The van der Waals surface area contributed by atoms with Crippen molar-refractivity contribution in [2.24, 2.45) is 5.10 Å². The van der Waals surface area contributed by atoms with Crippen LogP contribution in [-0.4, -0.2) is 148 Å². The number of rotatable bonds is 8. The van der Waals surface area contributed by atoms with Crippen LogP contribution in [0.2, 0.25) is 0 Å². The fourth-order valence-electron chi connectivity index (χ4n) is 10.2. The Morgan fingerprint density at radius 3 is 2.30 bits per heavy atom. The van der Waals surface area contributed by atoms with Gasteiger partial charge in [-0.05, 0) is 91.5 Å². The van der Waals surface area contributed by atoms with E-state index >= 15 is 0 Å². The van der Waals surface area contributed by atoms with E-state index in [1.807, 2.05) is 76.5 Å². The number of amides is 5. The molecule has 64 heavy (non-hydrogen) atoms. The van der Waals surface area contributed by atoms with Crippen molar-refractivity contribution in [2.75, 3.05) is 76.1 Å². The maximum absolute atomic E-state index is 13.5. The molecule has 4 N–H and O–H groups in total. The molecule has 7 aliphatic rings. The number of nitrogens with two attached hydrogens (primary N) is 1. The van der Waals surface area contributed by atoms with Crippen molar-refractivity contribution in [3.8, 4) is 11.5 Å². The van der Waals surface area contributed by atoms with E-state index in [0.29, 0.717) is 36.4 Å². The Morgan fingerprint density at radius 2 is 1.55 bits per heavy atom. The molecule has 328 valence electrons. The van der Waals surface area contributed by atoms with Crippen molar-refractivity contribution in [3.05, 3.63) is 113 Å². The number of nitrogen functional groups attached to an aromatic ring is 1. The molecule has 0 aliphatic carbocycles. The summed E-state index contributed by atoms with van der Waals surface area (Å²) in [6, 6.07) is 23.7. The van der Waals surface area contributed by atoms with Crippen molar-refractivity contribution in [1.82, 2.24) is 39.8 Å². The number of carbonyl (C=O) groups excluding carboxylic acids is 4. The molecule has 11 rings (SSSR count). The van der Waals surface area contributed by atoms with Crippen LogP contribution >= 0.6 is 0 Å². The van der Waals surface area contributed by atoms with Gasteiger partial charge in [-0.3, -0.25) is 29.5 Å². The van der Waals surface area contributed by atoms with Crippen LogP contribution < -0.4 is 25.7 Å². The third-order valence-corrected chi connectivity index (χ3v) is 13.9. The minimum atomic E-state index is -0.617. The van der Waals surface area contributed by atoms with E-state index in [4.69, 9.17) is 15.6 Å². The third-order valence-electron chi connectivity index (χ3n) is 13.9. The van der Waals surface area contributed by atoms with E-state index in [-0.39, 0.29) is 24.3 Å². The van der Waals surface area contributed by atoms with Crippen LogP contribution in [-0.2, 0) is 16.1 Å². The summed E-state index contributed by atoms with van der Waals surface area (Å²) in [6.07, 6.45) is 6.28. The zero-order valence-electron chi connectivity index (χ0n) is 35.6. The number of carbonyl (C=O) groups is 4. The zero-order valence-corrected chi connectivity index (χ0v) is 35.6. The van der Waals surface area contributed by atoms with Gasteiger partial charge in [-0.15, -0.1) is 5.01 Å². The van der Waals surface area contributed by atoms with Gasteiger partial charge in [-0.2, -0.15) is 4.98 Å². The first-order valence-electron chi connectivity index (χ1n) is 22.4. The molecule has 0 radical (unpaired) electrons. The largest absolute Gasteiger partial charge is 0.457 e. The lowest BCUT2D eigenvalue weighted by molar-refractivity contribution is -0.782. The molecule has 5 saturated heterocycles. The van der Waals surface area contributed by atoms with Crippen LogP contribution in [0.4, 0.5) is 22.1 Å². The average molecular weight is 864 g/mol. The predicted molar refractivity (Wildman–Crippen MR) is 237 cm³/mol. The number of quaternary nitrogens is 1. The number of likely N-dealkylation sites (tertiary alicyclic amines) is 3. The Labute approximate surface area is 370 Å². The summed E-state index contributed by atoms with van der Waals surface area (Å²) in [5, 5.41) is 8.25. The molecular formula is C47H51N12O5+. The fourth-order valence-corrected chi connectivity index (χ4v) is 10.2. The number of hydrogen-bond donors (Lipinski definition) is 3. The first kappa shape index (κ1) is 40.1. The second kappa shape index (κ2) is 16.5. The van der Waals surface area contributed by atoms with E-state index in [0.717, 1.165) is 129 Å². The Balaban J connectivity index is 0.651. The van der Waals surface area contributed by atoms with Crippen LogP contribution in [0.1, 0.15) is 52.7 Å². The highest BCUT2D eigenvalue weighted by Gasteiger charge is 2.44. The lowest BCUT2D eigenvalue weighted by atomic mass is 9.99. The fraction of sp³-hybridized carbons (Fsp3) is 0.383. The van der Waals surface area contributed by atoms with Gasteiger partial charge in [0.2, 0.25) is 11.8 Å². The van der Waals surface area contributed by atoms with Gasteiger partial charge in [0, 0.05) is 101 Å². The third kappa shape index (κ3) is 7.52. The van der Waals surface area contributed by atoms with E-state index in [9.17, 15) is 19.2 Å². The highest BCUT2D eigenvalue weighted by atomic mass is 16.5. The Bertz CT molecular complexity index is 2570. The quantitative estimate of drug-likeness (QED) is 0.222. The lowest BCUT2D eigenvalue weighted by Gasteiger charge is -2.52. The van der Waals surface area contributed by atoms with Crippen molar-refractivity contribution >= 4 is 46.8 Å². The number of piperazine rings is 1. The molecule has 0 bridgehead atoms. The van der Waals surface area contributed by atoms with Gasteiger partial charge in [0.05, 0.1) is 0 Å². The monoisotopic (exact) mass is 863 g/mol. The summed E-state index contributed by atoms with van der Waals surface area (Å²) in [6.45, 7) is 8.67. The van der Waals surface area contributed by atoms with Gasteiger partial charge in [-0.1, -0.05) is 23.3 Å². The lowest BCUT2D eigenvalue weighted by Crippen LogP contribution is -2.96. The summed E-state index contributed by atoms with van der Waals surface area (Å²) >= 11 is 0. The van der Waals surface area contributed by atoms with Gasteiger partial charge in [0.15, 0.2) is 0 Å². The summed E-state index contributed by atoms with van der Waals surface area (Å²) < 4.78 is 6.01. The first-order valence-corrected chi connectivity index (χ1v) is 22.4. The first-order chi connectivity index (χ1) is 31.2. The van der Waals surface area contributed by atoms with Gasteiger partial charge in [0.1, 0.15) is 47.2 Å². The summed E-state index contributed by atoms with van der Waals surface area (Å²) in [7, 11) is 0. The minimum absolute atomic E-state index is 0.134. The number of fused-ring (bicyclic) bond motifs is 2. The summed E-state index contributed by atoms with van der Waals surface area (Å²) in [4.78, 5) is 72.7. The molecule has 3 aromatic carbocycles. The highest BCUT2D eigenvalue weighted by Crippen LogP contribution is 2.33. The number of para-hydroxylation sites is 1. The molecule has 5 fully saturated rings. The predicted octanol–water partition coefficient (Wildman–Crippen LogP) is 2.18. The van der Waals surface area contributed by atoms with Crippen LogP contribution in [0, 0.1) is 0 Å². The maximum atomic E-state index is 13.5. The molecule has 1 aromatic heterocycles. The molecule has 0 spiro atoms. The molecule has 17 heteroatoms. The molecule has 4 aromatic rings. The van der Waals surface area contributed by atoms with Crippen LogP contribution in [0.3, 0.4) is 0 Å². The van der Waals surface area contributed by atoms with Crippen LogP contribution in [0.5, 0.6) is 11.5 Å². The zero-order chi connectivity index (χ0) is 43.5. The topological polar surface area (TPSA) is 178 Å². The molecule has 2 atom stereocenters. The van der Waals surface area contributed by atoms with Crippen molar-refractivity contribution in [1.29, 1.82) is 0 Å². The minimum Gasteiger partial charge on any atom is -0.457 e. The smallest absolute Gasteiger partial charge is 0.320 e. The van der Waals surface area contributed by atoms with Crippen molar-refractivity contribution in [3.63, 3.8) is 0 Å². The van der Waals surface area contributed by atoms with Gasteiger partial charge in [0.25, 0.3) is 11.7 Å². The second-order valence-electron chi connectivity index (χ2n) is 17.8. The van der Waals surface area contributed by atoms with Gasteiger partial charge < -0.3 is 30.1 Å². The van der Waals surface area contributed by atoms with E-state index in [2.05, 4.69) is 42.3 Å². The van der Waals surface area contributed by atoms with Crippen molar-refractivity contribution in [2.45, 2.75) is 50.4 Å².